The van der Waals surface area contributed by atoms with Crippen LogP contribution >= 0.6 is 22.1 Å². The predicted molar refractivity (Wildman–Crippen MR) is 224 cm³/mol. The minimum Gasteiger partial charge on any atom is -0.793 e. The van der Waals surface area contributed by atoms with Gasteiger partial charge in [0.1, 0.15) is 34.5 Å². The number of hydrogen-bond acceptors (Lipinski definition) is 12. The summed E-state index contributed by atoms with van der Waals surface area (Å²) in [6.07, 6.45) is 0. The van der Waals surface area contributed by atoms with Gasteiger partial charge < -0.3 is 56.8 Å². The Morgan fingerprint density at radius 3 is 0.466 bits per heavy atom. The average molecular weight is 1040 g/mol. The van der Waals surface area contributed by atoms with Crippen LogP contribution in [0.3, 0.4) is 0 Å². The molecule has 0 spiro atoms. The first-order valence-electron chi connectivity index (χ1n) is 17.0. The third-order valence-electron chi connectivity index (χ3n) is 8.47. The van der Waals surface area contributed by atoms with E-state index in [0.29, 0.717) is 34.5 Å². The summed E-state index contributed by atoms with van der Waals surface area (Å²) in [5.41, 5.74) is 0. The van der Waals surface area contributed by atoms with Crippen LogP contribution in [0.25, 0.3) is 0 Å². The Balaban J connectivity index is 0.000000231. The summed E-state index contributed by atoms with van der Waals surface area (Å²) < 4.78 is 67.2. The second-order valence-corrected chi connectivity index (χ2v) is 18.2. The van der Waals surface area contributed by atoms with Gasteiger partial charge in [-0.05, 0) is 146 Å². The molecule has 0 atom stereocenters. The molecule has 0 heterocycles. The van der Waals surface area contributed by atoms with Crippen molar-refractivity contribution in [2.75, 3.05) is 42.7 Å². The molecule has 6 aromatic rings. The van der Waals surface area contributed by atoms with Crippen LogP contribution in [0.2, 0.25) is 0 Å². The molecule has 0 aromatic heterocycles. The molecule has 0 saturated heterocycles. The Hall–Kier alpha value is -4.43. The topological polar surface area (TPSA) is 176 Å². The fraction of sp³-hybridized carbons (Fsp3) is 0.143. The quantitative estimate of drug-likeness (QED) is 0.129. The molecule has 0 unspecified atom stereocenters. The van der Waals surface area contributed by atoms with Crippen molar-refractivity contribution in [2.45, 2.75) is 0 Å². The van der Waals surface area contributed by atoms with Gasteiger partial charge in [-0.3, -0.25) is 0 Å². The van der Waals surface area contributed by atoms with Gasteiger partial charge in [0.05, 0.1) is 64.8 Å². The maximum absolute atomic E-state index is 12.4. The van der Waals surface area contributed by atoms with E-state index in [-0.39, 0.29) is 58.0 Å². The van der Waals surface area contributed by atoms with E-state index in [1.165, 1.54) is 115 Å². The van der Waals surface area contributed by atoms with E-state index in [1.807, 2.05) is 0 Å². The van der Waals surface area contributed by atoms with Gasteiger partial charge >= 0.3 is 26.2 Å². The van der Waals surface area contributed by atoms with Crippen molar-refractivity contribution < 1.29 is 56.8 Å². The molecule has 0 aliphatic rings. The van der Waals surface area contributed by atoms with E-state index >= 15 is 0 Å². The van der Waals surface area contributed by atoms with Gasteiger partial charge in [0, 0.05) is 31.8 Å². The molecule has 58 heavy (non-hydrogen) atoms. The smallest absolute Gasteiger partial charge is 0.793 e. The monoisotopic (exact) mass is 1040 g/mol. The van der Waals surface area contributed by atoms with E-state index in [4.69, 9.17) is 28.4 Å². The maximum Gasteiger partial charge on any atom is 3.00 e. The second kappa shape index (κ2) is 22.1. The number of rotatable bonds is 12. The van der Waals surface area contributed by atoms with Crippen LogP contribution in [0.1, 0.15) is 0 Å². The number of benzene rings is 6. The Morgan fingerprint density at radius 2 is 0.379 bits per heavy atom. The Morgan fingerprint density at radius 1 is 0.276 bits per heavy atom. The molecule has 302 valence electrons. The SMILES string of the molecule is COc1ccc(P(=O)([O-])c2ccc(OC)cc2)cc1.COc1ccc(P(=O)([O-])c2ccc(OC)cc2)cc1.COc1ccc(P(=O)([O-])c2ccc(OC)cc2)cc1.[Bi+3]. The van der Waals surface area contributed by atoms with Crippen molar-refractivity contribution >= 4 is 80.1 Å². The van der Waals surface area contributed by atoms with E-state index in [1.54, 1.807) is 72.8 Å². The summed E-state index contributed by atoms with van der Waals surface area (Å²) in [7, 11) is -2.24. The van der Waals surface area contributed by atoms with E-state index < -0.39 is 22.1 Å². The zero-order valence-electron chi connectivity index (χ0n) is 32.5. The molecule has 6 rings (SSSR count). The van der Waals surface area contributed by atoms with Crippen molar-refractivity contribution in [1.29, 1.82) is 0 Å². The molecule has 0 bridgehead atoms. The van der Waals surface area contributed by atoms with Gasteiger partial charge in [-0.15, -0.1) is 0 Å². The van der Waals surface area contributed by atoms with Crippen LogP contribution in [-0.4, -0.2) is 68.9 Å². The average Bonchev–Trinajstić information content (AvgIpc) is 3.26. The molecule has 12 nitrogen and oxygen atoms in total. The fourth-order valence-corrected chi connectivity index (χ4v) is 9.26. The molecule has 0 aliphatic carbocycles. The predicted octanol–water partition coefficient (Wildman–Crippen LogP) is 3.50. The van der Waals surface area contributed by atoms with Gasteiger partial charge in [-0.25, -0.2) is 0 Å². The van der Waals surface area contributed by atoms with Crippen molar-refractivity contribution in [3.63, 3.8) is 0 Å². The van der Waals surface area contributed by atoms with Crippen LogP contribution in [0.15, 0.2) is 146 Å². The van der Waals surface area contributed by atoms with Crippen LogP contribution in [0, 0.1) is 0 Å². The molecule has 0 fully saturated rings. The Kier molecular flexibility index (Phi) is 18.3. The van der Waals surface area contributed by atoms with E-state index in [0.717, 1.165) is 0 Å². The van der Waals surface area contributed by atoms with Crippen molar-refractivity contribution in [1.82, 2.24) is 0 Å². The molecular weight excluding hydrogens is 998 g/mol. The molecule has 6 aromatic carbocycles. The summed E-state index contributed by atoms with van der Waals surface area (Å²) >= 11 is 0. The maximum atomic E-state index is 12.4. The zero-order chi connectivity index (χ0) is 41.6. The molecule has 0 amide bonds. The largest absolute Gasteiger partial charge is 3.00 e. The first kappa shape index (κ1) is 47.9. The minimum absolute atomic E-state index is 0. The first-order valence-corrected chi connectivity index (χ1v) is 21.9. The van der Waals surface area contributed by atoms with E-state index in [2.05, 4.69) is 0 Å². The summed E-state index contributed by atoms with van der Waals surface area (Å²) in [6, 6.07) is 38.0. The van der Waals surface area contributed by atoms with E-state index in [9.17, 15) is 28.4 Å². The van der Waals surface area contributed by atoms with Crippen LogP contribution in [-0.2, 0) is 13.7 Å². The van der Waals surface area contributed by atoms with Crippen LogP contribution < -0.4 is 74.9 Å². The summed E-state index contributed by atoms with van der Waals surface area (Å²) in [6.45, 7) is 0. The van der Waals surface area contributed by atoms with Crippen molar-refractivity contribution in [3.05, 3.63) is 146 Å². The van der Waals surface area contributed by atoms with Gasteiger partial charge in [0.15, 0.2) is 0 Å². The second-order valence-electron chi connectivity index (χ2n) is 11.8. The summed E-state index contributed by atoms with van der Waals surface area (Å²) in [4.78, 5) is 37.1. The molecule has 0 saturated carbocycles. The minimum atomic E-state index is -3.82. The molecule has 0 aliphatic heterocycles. The number of ether oxygens (including phenoxy) is 6. The normalized spacial score (nSPS) is 10.9. The van der Waals surface area contributed by atoms with Gasteiger partial charge in [-0.2, -0.15) is 0 Å². The molecule has 2 radical (unpaired) electrons. The molecular formula is C42H42BiO12P3. The van der Waals surface area contributed by atoms with Crippen LogP contribution in [0.4, 0.5) is 0 Å². The van der Waals surface area contributed by atoms with Crippen molar-refractivity contribution in [2.24, 2.45) is 0 Å². The third-order valence-corrected chi connectivity index (χ3v) is 14.3. The summed E-state index contributed by atoms with van der Waals surface area (Å²) in [5, 5.41) is 1.57. The van der Waals surface area contributed by atoms with Crippen LogP contribution in [0.5, 0.6) is 34.5 Å². The third kappa shape index (κ3) is 12.3. The van der Waals surface area contributed by atoms with Gasteiger partial charge in [0.2, 0.25) is 0 Å². The zero-order valence-corrected chi connectivity index (χ0v) is 38.7. The Labute approximate surface area is 357 Å². The Bertz CT molecular complexity index is 1890. The van der Waals surface area contributed by atoms with Crippen molar-refractivity contribution in [3.8, 4) is 34.5 Å². The van der Waals surface area contributed by atoms with Gasteiger partial charge in [0.25, 0.3) is 0 Å². The first-order chi connectivity index (χ1) is 27.2. The standard InChI is InChI=1S/3C14H15O4P.Bi/c3*1-17-11-3-7-13(8-4-11)19(15,16)14-9-5-12(18-2)6-10-14;/h3*3-10H,1-2H3,(H,15,16);/q;;;+3/p-3. The number of methoxy groups -OCH3 is 6. The molecule has 0 N–H and O–H groups in total. The summed E-state index contributed by atoms with van der Waals surface area (Å²) in [5.74, 6) is 3.74. The fourth-order valence-electron chi connectivity index (χ4n) is 5.12. The van der Waals surface area contributed by atoms with Gasteiger partial charge in [-0.1, -0.05) is 0 Å². The number of hydrogen-bond donors (Lipinski definition) is 0. The molecule has 16 heteroatoms.